The second kappa shape index (κ2) is 6.81. The van der Waals surface area contributed by atoms with E-state index >= 15 is 0 Å². The maximum atomic E-state index is 12.8. The van der Waals surface area contributed by atoms with E-state index in [0.29, 0.717) is 24.9 Å². The number of amides is 1. The first kappa shape index (κ1) is 18.3. The highest BCUT2D eigenvalue weighted by Crippen LogP contribution is 2.25. The normalized spacial score (nSPS) is 18.8. The number of rotatable bonds is 2. The first-order valence-electron chi connectivity index (χ1n) is 7.85. The van der Waals surface area contributed by atoms with Crippen LogP contribution in [0.5, 0.6) is 0 Å². The molecule has 1 saturated heterocycles. The molecule has 1 aliphatic heterocycles. The molecule has 0 saturated carbocycles. The molecule has 6 nitrogen and oxygen atoms in total. The number of likely N-dealkylation sites (tertiary alicyclic amines) is 1. The van der Waals surface area contributed by atoms with Crippen LogP contribution in [0.25, 0.3) is 0 Å². The van der Waals surface area contributed by atoms with Crippen molar-refractivity contribution in [2.24, 2.45) is 0 Å². The summed E-state index contributed by atoms with van der Waals surface area (Å²) in [6, 6.07) is 7.93. The molecule has 1 aromatic carbocycles. The lowest BCUT2D eigenvalue weighted by Gasteiger charge is -2.33. The van der Waals surface area contributed by atoms with E-state index < -0.39 is 26.8 Å². The number of carbonyl (C=O) groups excluding carboxylic acids is 1. The van der Waals surface area contributed by atoms with Crippen molar-refractivity contribution >= 4 is 15.9 Å². The van der Waals surface area contributed by atoms with Gasteiger partial charge in [-0.3, -0.25) is 0 Å². The Balaban J connectivity index is 2.19. The number of hydrogen-bond donors (Lipinski definition) is 0. The average molecular weight is 350 g/mol. The van der Waals surface area contributed by atoms with E-state index in [0.717, 1.165) is 0 Å². The molecule has 0 N–H and O–H groups in total. The number of sulfone groups is 1. The molecule has 1 heterocycles. The largest absolute Gasteiger partial charge is 0.444 e. The Morgan fingerprint density at radius 1 is 1.38 bits per heavy atom. The van der Waals surface area contributed by atoms with Crippen LogP contribution in [0.3, 0.4) is 0 Å². The molecular formula is C17H22N2O4S. The van der Waals surface area contributed by atoms with Gasteiger partial charge < -0.3 is 9.64 Å². The van der Waals surface area contributed by atoms with Gasteiger partial charge in [-0.25, -0.2) is 13.2 Å². The number of hydrogen-bond acceptors (Lipinski definition) is 5. The third-order valence-corrected chi connectivity index (χ3v) is 5.93. The third-order valence-electron chi connectivity index (χ3n) is 3.76. The fourth-order valence-electron chi connectivity index (χ4n) is 2.62. The second-order valence-electron chi connectivity index (χ2n) is 6.88. The van der Waals surface area contributed by atoms with Crippen LogP contribution < -0.4 is 0 Å². The topological polar surface area (TPSA) is 87.5 Å². The van der Waals surface area contributed by atoms with Gasteiger partial charge in [-0.2, -0.15) is 5.26 Å². The molecule has 0 aliphatic carbocycles. The number of nitriles is 1. The summed E-state index contributed by atoms with van der Waals surface area (Å²) in [5, 5.41) is 8.26. The van der Waals surface area contributed by atoms with Crippen LogP contribution >= 0.6 is 0 Å². The highest BCUT2D eigenvalue weighted by molar-refractivity contribution is 7.92. The van der Waals surface area contributed by atoms with Crippen molar-refractivity contribution in [3.63, 3.8) is 0 Å². The van der Waals surface area contributed by atoms with E-state index in [1.54, 1.807) is 32.9 Å². The number of ether oxygens (including phenoxy) is 1. The van der Waals surface area contributed by atoms with Crippen molar-refractivity contribution in [1.82, 2.24) is 4.90 Å². The van der Waals surface area contributed by atoms with Gasteiger partial charge in [0.25, 0.3) is 0 Å². The Kier molecular flexibility index (Phi) is 5.19. The molecule has 2 rings (SSSR count). The standard InChI is InChI=1S/C17H22N2O4S/c1-17(2,3)23-16(20)19-9-5-8-15(12-19)24(21,22)14-7-4-6-13(10-14)11-18/h4,6-7,10,15H,5,8-9,12H2,1-3H3/t15-/m1/s1. The molecule has 0 bridgehead atoms. The summed E-state index contributed by atoms with van der Waals surface area (Å²) in [4.78, 5) is 13.8. The Morgan fingerprint density at radius 2 is 2.08 bits per heavy atom. The SMILES string of the molecule is CC(C)(C)OC(=O)N1CCC[C@@H](S(=O)(=O)c2cccc(C#N)c2)C1. The first-order chi connectivity index (χ1) is 11.1. The van der Waals surface area contributed by atoms with Crippen LogP contribution in [0.2, 0.25) is 0 Å². The van der Waals surface area contributed by atoms with Crippen LogP contribution in [-0.2, 0) is 14.6 Å². The van der Waals surface area contributed by atoms with Crippen molar-refractivity contribution < 1.29 is 17.9 Å². The van der Waals surface area contributed by atoms with Crippen molar-refractivity contribution in [3.05, 3.63) is 29.8 Å². The van der Waals surface area contributed by atoms with Crippen molar-refractivity contribution in [3.8, 4) is 6.07 Å². The van der Waals surface area contributed by atoms with Gasteiger partial charge in [-0.1, -0.05) is 6.07 Å². The van der Waals surface area contributed by atoms with Gasteiger partial charge in [0, 0.05) is 13.1 Å². The molecule has 24 heavy (non-hydrogen) atoms. The molecule has 0 unspecified atom stereocenters. The molecule has 130 valence electrons. The monoisotopic (exact) mass is 350 g/mol. The molecule has 1 atom stereocenters. The quantitative estimate of drug-likeness (QED) is 0.818. The van der Waals surface area contributed by atoms with E-state index in [1.807, 2.05) is 6.07 Å². The lowest BCUT2D eigenvalue weighted by Crippen LogP contribution is -2.47. The number of carbonyl (C=O) groups is 1. The number of benzene rings is 1. The Labute approximate surface area is 142 Å². The molecule has 1 aromatic rings. The molecule has 1 fully saturated rings. The second-order valence-corrected chi connectivity index (χ2v) is 9.10. The van der Waals surface area contributed by atoms with E-state index in [2.05, 4.69) is 0 Å². The zero-order valence-electron chi connectivity index (χ0n) is 14.2. The van der Waals surface area contributed by atoms with Gasteiger partial charge in [-0.15, -0.1) is 0 Å². The van der Waals surface area contributed by atoms with Crippen molar-refractivity contribution in [2.45, 2.75) is 49.4 Å². The summed E-state index contributed by atoms with van der Waals surface area (Å²) < 4.78 is 31.0. The van der Waals surface area contributed by atoms with Gasteiger partial charge in [0.05, 0.1) is 21.8 Å². The molecule has 0 radical (unpaired) electrons. The van der Waals surface area contributed by atoms with E-state index in [4.69, 9.17) is 10.00 Å². The summed E-state index contributed by atoms with van der Waals surface area (Å²) in [5.41, 5.74) is -0.319. The van der Waals surface area contributed by atoms with Crippen molar-refractivity contribution in [1.29, 1.82) is 5.26 Å². The summed E-state index contributed by atoms with van der Waals surface area (Å²) in [6.07, 6.45) is 0.590. The minimum atomic E-state index is -3.61. The van der Waals surface area contributed by atoms with E-state index in [1.165, 1.54) is 17.0 Å². The number of nitrogens with zero attached hydrogens (tertiary/aromatic N) is 2. The van der Waals surface area contributed by atoms with Crippen LogP contribution in [-0.4, -0.2) is 43.4 Å². The molecule has 0 aromatic heterocycles. The minimum Gasteiger partial charge on any atom is -0.444 e. The van der Waals surface area contributed by atoms with Crippen LogP contribution in [0, 0.1) is 11.3 Å². The molecule has 1 aliphatic rings. The third kappa shape index (κ3) is 4.26. The Hall–Kier alpha value is -2.07. The van der Waals surface area contributed by atoms with Gasteiger partial charge in [0.1, 0.15) is 5.60 Å². The molecule has 7 heteroatoms. The zero-order chi connectivity index (χ0) is 18.0. The molecule has 1 amide bonds. The maximum Gasteiger partial charge on any atom is 0.410 e. The van der Waals surface area contributed by atoms with E-state index in [-0.39, 0.29) is 11.4 Å². The summed E-state index contributed by atoms with van der Waals surface area (Å²) in [7, 11) is -3.61. The number of piperidine rings is 1. The molecule has 0 spiro atoms. The van der Waals surface area contributed by atoms with Crippen LogP contribution in [0.1, 0.15) is 39.2 Å². The predicted molar refractivity (Wildman–Crippen MR) is 89.2 cm³/mol. The fraction of sp³-hybridized carbons (Fsp3) is 0.529. The first-order valence-corrected chi connectivity index (χ1v) is 9.40. The zero-order valence-corrected chi connectivity index (χ0v) is 15.0. The minimum absolute atomic E-state index is 0.105. The smallest absolute Gasteiger partial charge is 0.410 e. The summed E-state index contributed by atoms with van der Waals surface area (Å²) >= 11 is 0. The highest BCUT2D eigenvalue weighted by Gasteiger charge is 2.35. The van der Waals surface area contributed by atoms with Gasteiger partial charge in [-0.05, 0) is 51.8 Å². The van der Waals surface area contributed by atoms with Crippen LogP contribution in [0.4, 0.5) is 4.79 Å². The average Bonchev–Trinajstić information content (AvgIpc) is 2.53. The lowest BCUT2D eigenvalue weighted by molar-refractivity contribution is 0.0219. The van der Waals surface area contributed by atoms with E-state index in [9.17, 15) is 13.2 Å². The maximum absolute atomic E-state index is 12.8. The Morgan fingerprint density at radius 3 is 2.71 bits per heavy atom. The Bertz CT molecular complexity index is 760. The fourth-order valence-corrected chi connectivity index (χ4v) is 4.42. The summed E-state index contributed by atoms with van der Waals surface area (Å²) in [6.45, 7) is 5.91. The van der Waals surface area contributed by atoms with Crippen LogP contribution in [0.15, 0.2) is 29.2 Å². The van der Waals surface area contributed by atoms with Crippen molar-refractivity contribution in [2.75, 3.05) is 13.1 Å². The summed E-state index contributed by atoms with van der Waals surface area (Å²) in [5.74, 6) is 0. The van der Waals surface area contributed by atoms with Gasteiger partial charge >= 0.3 is 6.09 Å². The highest BCUT2D eigenvalue weighted by atomic mass is 32.2. The van der Waals surface area contributed by atoms with Gasteiger partial charge in [0.15, 0.2) is 9.84 Å². The van der Waals surface area contributed by atoms with Gasteiger partial charge in [0.2, 0.25) is 0 Å². The lowest BCUT2D eigenvalue weighted by atomic mass is 10.1. The molecular weight excluding hydrogens is 328 g/mol. The predicted octanol–water partition coefficient (Wildman–Crippen LogP) is 2.73.